The molecule has 3 amide bonds. The predicted molar refractivity (Wildman–Crippen MR) is 148 cm³/mol. The number of amides is 3. The van der Waals surface area contributed by atoms with E-state index in [1.165, 1.54) is 0 Å². The van der Waals surface area contributed by atoms with Gasteiger partial charge in [0.1, 0.15) is 0 Å². The molecule has 1 aliphatic heterocycles. The maximum Gasteiger partial charge on any atom is 0.225 e. The molecule has 2 aromatic carbocycles. The maximum atomic E-state index is 13.3. The van der Waals surface area contributed by atoms with E-state index in [4.69, 9.17) is 5.73 Å². The Hall–Kier alpha value is -3.68. The first-order valence-corrected chi connectivity index (χ1v) is 13.5. The summed E-state index contributed by atoms with van der Waals surface area (Å²) in [5.74, 6) is -1.63. The molecule has 0 bridgehead atoms. The van der Waals surface area contributed by atoms with Crippen LogP contribution in [0, 0.1) is 5.92 Å². The Morgan fingerprint density at radius 3 is 2.45 bits per heavy atom. The van der Waals surface area contributed by atoms with E-state index in [1.807, 2.05) is 54.3 Å². The van der Waals surface area contributed by atoms with Gasteiger partial charge in [0.2, 0.25) is 17.7 Å². The molecule has 1 aliphatic rings. The molecule has 1 saturated heterocycles. The lowest BCUT2D eigenvalue weighted by atomic mass is 9.95. The summed E-state index contributed by atoms with van der Waals surface area (Å²) in [6.45, 7) is 4.65. The Kier molecular flexibility index (Phi) is 10.9. The van der Waals surface area contributed by atoms with Crippen LogP contribution in [0.4, 0.5) is 5.69 Å². The van der Waals surface area contributed by atoms with Crippen molar-refractivity contribution < 1.29 is 19.2 Å². The van der Waals surface area contributed by atoms with Crippen LogP contribution >= 0.6 is 0 Å². The van der Waals surface area contributed by atoms with Crippen molar-refractivity contribution >= 4 is 29.2 Å². The number of hydrogen-bond acceptors (Lipinski definition) is 5. The number of carbonyl (C=O) groups is 4. The number of anilines is 1. The molecule has 8 heteroatoms. The Bertz CT molecular complexity index is 1100. The molecule has 1 heterocycles. The monoisotopic (exact) mass is 520 g/mol. The third-order valence-electron chi connectivity index (χ3n) is 7.08. The van der Waals surface area contributed by atoms with Crippen molar-refractivity contribution in [2.45, 2.75) is 77.4 Å². The molecular weight excluding hydrogens is 480 g/mol. The summed E-state index contributed by atoms with van der Waals surface area (Å²) >= 11 is 0. The second-order valence-corrected chi connectivity index (χ2v) is 10.3. The van der Waals surface area contributed by atoms with Gasteiger partial charge in [-0.3, -0.25) is 19.2 Å². The summed E-state index contributed by atoms with van der Waals surface area (Å²) < 4.78 is 0. The summed E-state index contributed by atoms with van der Waals surface area (Å²) in [6.07, 6.45) is 3.51. The SMILES string of the molecule is C[C@H](CC(=O)[C@H](CC(=O)N1CCCC[C@@H]1C)NC(=O)CCc1ccccc1)C(=O)NCc1cccc(N)c1. The number of aryl methyl sites for hydroxylation is 1. The lowest BCUT2D eigenvalue weighted by Crippen LogP contribution is -2.48. The number of ketones is 1. The van der Waals surface area contributed by atoms with Gasteiger partial charge in [-0.1, -0.05) is 49.4 Å². The molecule has 38 heavy (non-hydrogen) atoms. The van der Waals surface area contributed by atoms with Gasteiger partial charge in [0, 0.05) is 43.6 Å². The maximum absolute atomic E-state index is 13.3. The Labute approximate surface area is 225 Å². The second kappa shape index (κ2) is 14.3. The summed E-state index contributed by atoms with van der Waals surface area (Å²) in [6, 6.07) is 16.0. The molecule has 0 unspecified atom stereocenters. The van der Waals surface area contributed by atoms with Gasteiger partial charge in [-0.2, -0.15) is 0 Å². The highest BCUT2D eigenvalue weighted by Crippen LogP contribution is 2.19. The molecule has 0 radical (unpaired) electrons. The minimum atomic E-state index is -0.968. The molecule has 4 N–H and O–H groups in total. The van der Waals surface area contributed by atoms with Gasteiger partial charge in [0.15, 0.2) is 5.78 Å². The summed E-state index contributed by atoms with van der Waals surface area (Å²) in [7, 11) is 0. The summed E-state index contributed by atoms with van der Waals surface area (Å²) in [4.78, 5) is 53.7. The van der Waals surface area contributed by atoms with E-state index >= 15 is 0 Å². The van der Waals surface area contributed by atoms with E-state index in [0.717, 1.165) is 30.4 Å². The van der Waals surface area contributed by atoms with Gasteiger partial charge in [-0.05, 0) is 55.9 Å². The quantitative estimate of drug-likeness (QED) is 0.371. The third-order valence-corrected chi connectivity index (χ3v) is 7.08. The molecule has 3 atom stereocenters. The highest BCUT2D eigenvalue weighted by Gasteiger charge is 2.31. The van der Waals surface area contributed by atoms with Crippen molar-refractivity contribution in [2.24, 2.45) is 5.92 Å². The zero-order chi connectivity index (χ0) is 27.5. The van der Waals surface area contributed by atoms with Crippen LogP contribution in [0.1, 0.15) is 63.5 Å². The lowest BCUT2D eigenvalue weighted by molar-refractivity contribution is -0.138. The number of hydrogen-bond donors (Lipinski definition) is 3. The van der Waals surface area contributed by atoms with Crippen molar-refractivity contribution in [1.29, 1.82) is 0 Å². The highest BCUT2D eigenvalue weighted by molar-refractivity contribution is 5.95. The fourth-order valence-corrected chi connectivity index (χ4v) is 4.78. The topological polar surface area (TPSA) is 122 Å². The fourth-order valence-electron chi connectivity index (χ4n) is 4.78. The first-order valence-electron chi connectivity index (χ1n) is 13.5. The van der Waals surface area contributed by atoms with Crippen LogP contribution in [0.3, 0.4) is 0 Å². The number of nitrogens with two attached hydrogens (primary N) is 1. The van der Waals surface area contributed by atoms with Gasteiger partial charge in [0.05, 0.1) is 12.5 Å². The fraction of sp³-hybridized carbons (Fsp3) is 0.467. The van der Waals surface area contributed by atoms with Crippen LogP contribution < -0.4 is 16.4 Å². The van der Waals surface area contributed by atoms with Crippen molar-refractivity contribution in [1.82, 2.24) is 15.5 Å². The van der Waals surface area contributed by atoms with Crippen molar-refractivity contribution in [3.8, 4) is 0 Å². The standard InChI is InChI=1S/C30H40N4O4/c1-21(30(38)32-20-24-12-8-13-25(31)18-24)17-27(35)26(19-29(37)34-16-7-6-9-22(34)2)33-28(36)15-14-23-10-4-3-5-11-23/h3-5,8,10-13,18,21-22,26H,6-7,9,14-17,19-20,31H2,1-2H3,(H,32,38)(H,33,36)/t21-,22+,26+/m1/s1. The first kappa shape index (κ1) is 28.9. The molecule has 204 valence electrons. The first-order chi connectivity index (χ1) is 18.2. The molecule has 1 fully saturated rings. The number of Topliss-reactive ketones (excluding diaryl/α,β-unsaturated/α-hetero) is 1. The third kappa shape index (κ3) is 9.01. The Morgan fingerprint density at radius 2 is 1.74 bits per heavy atom. The predicted octanol–water partition coefficient (Wildman–Crippen LogP) is 3.39. The highest BCUT2D eigenvalue weighted by atomic mass is 16.2. The minimum absolute atomic E-state index is 0.0742. The van der Waals surface area contributed by atoms with E-state index in [1.54, 1.807) is 19.1 Å². The number of piperidine rings is 1. The summed E-state index contributed by atoms with van der Waals surface area (Å²) in [5.41, 5.74) is 8.29. The van der Waals surface area contributed by atoms with Crippen LogP contribution in [-0.4, -0.2) is 47.0 Å². The molecule has 0 aromatic heterocycles. The Balaban J connectivity index is 1.60. The average molecular weight is 521 g/mol. The van der Waals surface area contributed by atoms with Crippen LogP contribution in [0.25, 0.3) is 0 Å². The van der Waals surface area contributed by atoms with E-state index in [2.05, 4.69) is 10.6 Å². The van der Waals surface area contributed by atoms with Crippen LogP contribution in [-0.2, 0) is 32.1 Å². The Morgan fingerprint density at radius 1 is 1.00 bits per heavy atom. The number of benzene rings is 2. The van der Waals surface area contributed by atoms with Crippen LogP contribution in [0.15, 0.2) is 54.6 Å². The van der Waals surface area contributed by atoms with Crippen molar-refractivity contribution in [3.63, 3.8) is 0 Å². The van der Waals surface area contributed by atoms with Gasteiger partial charge in [0.25, 0.3) is 0 Å². The number of likely N-dealkylation sites (tertiary alicyclic amines) is 1. The number of nitrogen functional groups attached to an aromatic ring is 1. The van der Waals surface area contributed by atoms with Gasteiger partial charge >= 0.3 is 0 Å². The molecule has 0 saturated carbocycles. The molecule has 8 nitrogen and oxygen atoms in total. The van der Waals surface area contributed by atoms with E-state index in [-0.39, 0.29) is 48.8 Å². The van der Waals surface area contributed by atoms with Crippen LogP contribution in [0.2, 0.25) is 0 Å². The van der Waals surface area contributed by atoms with Crippen molar-refractivity contribution in [3.05, 3.63) is 65.7 Å². The minimum Gasteiger partial charge on any atom is -0.399 e. The number of nitrogens with zero attached hydrogens (tertiary/aromatic N) is 1. The number of nitrogens with one attached hydrogen (secondary N) is 2. The molecular formula is C30H40N4O4. The molecule has 2 aromatic rings. The zero-order valence-corrected chi connectivity index (χ0v) is 22.4. The average Bonchev–Trinajstić information content (AvgIpc) is 2.91. The van der Waals surface area contributed by atoms with Crippen molar-refractivity contribution in [2.75, 3.05) is 12.3 Å². The van der Waals surface area contributed by atoms with Gasteiger partial charge in [-0.25, -0.2) is 0 Å². The molecule has 0 spiro atoms. The smallest absolute Gasteiger partial charge is 0.225 e. The lowest BCUT2D eigenvalue weighted by Gasteiger charge is -2.34. The van der Waals surface area contributed by atoms with E-state index in [9.17, 15) is 19.2 Å². The van der Waals surface area contributed by atoms with E-state index in [0.29, 0.717) is 25.2 Å². The number of rotatable bonds is 12. The van der Waals surface area contributed by atoms with Gasteiger partial charge < -0.3 is 21.3 Å². The summed E-state index contributed by atoms with van der Waals surface area (Å²) in [5, 5.41) is 5.64. The number of carbonyl (C=O) groups excluding carboxylic acids is 4. The van der Waals surface area contributed by atoms with E-state index < -0.39 is 12.0 Å². The normalized spacial score (nSPS) is 16.8. The second-order valence-electron chi connectivity index (χ2n) is 10.3. The van der Waals surface area contributed by atoms with Gasteiger partial charge in [-0.15, -0.1) is 0 Å². The largest absolute Gasteiger partial charge is 0.399 e. The molecule has 0 aliphatic carbocycles. The zero-order valence-electron chi connectivity index (χ0n) is 22.4. The molecule has 3 rings (SSSR count). The van der Waals surface area contributed by atoms with Crippen LogP contribution in [0.5, 0.6) is 0 Å².